The fourth-order valence-corrected chi connectivity index (χ4v) is 2.59. The van der Waals surface area contributed by atoms with Gasteiger partial charge in [0.15, 0.2) is 11.5 Å². The van der Waals surface area contributed by atoms with Crippen LogP contribution in [0.15, 0.2) is 46.9 Å². The van der Waals surface area contributed by atoms with Gasteiger partial charge in [0.25, 0.3) is 0 Å². The minimum Gasteiger partial charge on any atom is -0.482 e. The van der Waals surface area contributed by atoms with Gasteiger partial charge in [-0.25, -0.2) is 0 Å². The van der Waals surface area contributed by atoms with Crippen molar-refractivity contribution in [1.29, 1.82) is 0 Å². The molecule has 2 aromatic rings. The lowest BCUT2D eigenvalue weighted by Crippen LogP contribution is -2.03. The van der Waals surface area contributed by atoms with Crippen LogP contribution in [0.4, 0.5) is 5.69 Å². The zero-order chi connectivity index (χ0) is 15.4. The molecule has 0 saturated heterocycles. The molecule has 0 amide bonds. The Morgan fingerprint density at radius 1 is 1.24 bits per heavy atom. The van der Waals surface area contributed by atoms with Crippen molar-refractivity contribution in [3.05, 3.63) is 68.2 Å². The molecule has 0 heterocycles. The fourth-order valence-electron chi connectivity index (χ4n) is 1.84. The van der Waals surface area contributed by atoms with E-state index in [2.05, 4.69) is 15.9 Å². The molecule has 0 unspecified atom stereocenters. The fraction of sp³-hybridized carbons (Fsp3) is 0.133. The van der Waals surface area contributed by atoms with Gasteiger partial charge in [0.1, 0.15) is 11.1 Å². The Morgan fingerprint density at radius 3 is 2.48 bits per heavy atom. The van der Waals surface area contributed by atoms with Crippen molar-refractivity contribution >= 4 is 27.4 Å². The summed E-state index contributed by atoms with van der Waals surface area (Å²) in [6.45, 7) is 1.57. The second-order valence-electron chi connectivity index (χ2n) is 4.36. The Balaban J connectivity index is 2.33. The highest BCUT2D eigenvalue weighted by Gasteiger charge is 2.24. The predicted molar refractivity (Wildman–Crippen MR) is 81.6 cm³/mol. The van der Waals surface area contributed by atoms with Gasteiger partial charge in [-0.2, -0.15) is 0 Å². The number of ether oxygens (including phenoxy) is 1. The quantitative estimate of drug-likeness (QED) is 0.462. The van der Waals surface area contributed by atoms with E-state index < -0.39 is 4.92 Å². The molecule has 0 aliphatic carbocycles. The van der Waals surface area contributed by atoms with Crippen LogP contribution in [0, 0.1) is 10.1 Å². The second kappa shape index (κ2) is 6.49. The Labute approximate surface area is 129 Å². The van der Waals surface area contributed by atoms with Crippen molar-refractivity contribution in [2.24, 2.45) is 0 Å². The summed E-state index contributed by atoms with van der Waals surface area (Å²) in [5.74, 6) is -0.125. The predicted octanol–water partition coefficient (Wildman–Crippen LogP) is 4.14. The number of carbonyl (C=O) groups is 1. The van der Waals surface area contributed by atoms with E-state index >= 15 is 0 Å². The summed E-state index contributed by atoms with van der Waals surface area (Å²) in [5, 5.41) is 11.2. The Bertz CT molecular complexity index is 686. The van der Waals surface area contributed by atoms with Gasteiger partial charge < -0.3 is 4.74 Å². The largest absolute Gasteiger partial charge is 0.482 e. The zero-order valence-corrected chi connectivity index (χ0v) is 12.8. The highest BCUT2D eigenvalue weighted by molar-refractivity contribution is 9.10. The third-order valence-electron chi connectivity index (χ3n) is 2.88. The van der Waals surface area contributed by atoms with Crippen molar-refractivity contribution in [2.45, 2.75) is 13.5 Å². The lowest BCUT2D eigenvalue weighted by Gasteiger charge is -2.09. The van der Waals surface area contributed by atoms with Crippen LogP contribution in [0.2, 0.25) is 0 Å². The molecule has 0 fully saturated rings. The summed E-state index contributed by atoms with van der Waals surface area (Å²) < 4.78 is 5.66. The van der Waals surface area contributed by atoms with Gasteiger partial charge in [0.05, 0.1) is 4.92 Å². The zero-order valence-electron chi connectivity index (χ0n) is 11.2. The summed E-state index contributed by atoms with van der Waals surface area (Å²) in [6, 6.07) is 12.3. The van der Waals surface area contributed by atoms with Gasteiger partial charge >= 0.3 is 5.69 Å². The second-order valence-corrected chi connectivity index (χ2v) is 5.15. The number of hydrogen-bond acceptors (Lipinski definition) is 4. The third-order valence-corrected chi connectivity index (χ3v) is 3.68. The first-order chi connectivity index (χ1) is 10.0. The smallest absolute Gasteiger partial charge is 0.325 e. The van der Waals surface area contributed by atoms with Crippen LogP contribution in [0.3, 0.4) is 0 Å². The Kier molecular flexibility index (Phi) is 4.70. The topological polar surface area (TPSA) is 69.4 Å². The summed E-state index contributed by atoms with van der Waals surface area (Å²) in [6.07, 6.45) is 0. The van der Waals surface area contributed by atoms with Gasteiger partial charge in [-0.3, -0.25) is 14.9 Å². The number of benzene rings is 2. The van der Waals surface area contributed by atoms with Crippen LogP contribution in [-0.2, 0) is 6.61 Å². The molecular formula is C15H12BrNO4. The molecule has 21 heavy (non-hydrogen) atoms. The van der Waals surface area contributed by atoms with E-state index in [0.29, 0.717) is 0 Å². The molecule has 0 aliphatic heterocycles. The number of ketones is 1. The molecule has 0 aliphatic rings. The molecule has 0 N–H and O–H groups in total. The number of rotatable bonds is 5. The Hall–Kier alpha value is -2.21. The molecule has 2 rings (SSSR count). The van der Waals surface area contributed by atoms with Crippen LogP contribution < -0.4 is 4.74 Å². The van der Waals surface area contributed by atoms with Crippen LogP contribution in [-0.4, -0.2) is 10.7 Å². The molecule has 108 valence electrons. The van der Waals surface area contributed by atoms with Crippen molar-refractivity contribution < 1.29 is 14.5 Å². The van der Waals surface area contributed by atoms with Gasteiger partial charge in [-0.05, 0) is 40.5 Å². The van der Waals surface area contributed by atoms with Crippen molar-refractivity contribution in [1.82, 2.24) is 0 Å². The summed E-state index contributed by atoms with van der Waals surface area (Å²) in [4.78, 5) is 22.1. The SMILES string of the molecule is CC(=O)c1ccc(OCc2ccccc2)c([N+](=O)[O-])c1Br. The summed E-state index contributed by atoms with van der Waals surface area (Å²) >= 11 is 3.12. The standard InChI is InChI=1S/C15H12BrNO4/c1-10(18)12-7-8-13(15(14(12)16)17(19)20)21-9-11-5-3-2-4-6-11/h2-8H,9H2,1H3. The molecular weight excluding hydrogens is 338 g/mol. The van der Waals surface area contributed by atoms with Crippen LogP contribution in [0.25, 0.3) is 0 Å². The highest BCUT2D eigenvalue weighted by atomic mass is 79.9. The van der Waals surface area contributed by atoms with E-state index in [9.17, 15) is 14.9 Å². The maximum Gasteiger partial charge on any atom is 0.325 e. The van der Waals surface area contributed by atoms with Gasteiger partial charge in [-0.1, -0.05) is 30.3 Å². The van der Waals surface area contributed by atoms with E-state index in [1.807, 2.05) is 30.3 Å². The van der Waals surface area contributed by atoms with E-state index in [4.69, 9.17) is 4.74 Å². The summed E-state index contributed by atoms with van der Waals surface area (Å²) in [7, 11) is 0. The number of Topliss-reactive ketones (excluding diaryl/α,β-unsaturated/α-hetero) is 1. The molecule has 0 spiro atoms. The number of hydrogen-bond donors (Lipinski definition) is 0. The minimum absolute atomic E-state index is 0.126. The first-order valence-corrected chi connectivity index (χ1v) is 6.94. The van der Waals surface area contributed by atoms with E-state index in [1.165, 1.54) is 19.1 Å². The number of nitro benzene ring substituents is 1. The van der Waals surface area contributed by atoms with Crippen molar-refractivity contribution in [3.8, 4) is 5.75 Å². The summed E-state index contributed by atoms with van der Waals surface area (Å²) in [5.41, 5.74) is 0.922. The molecule has 0 atom stereocenters. The monoisotopic (exact) mass is 349 g/mol. The number of nitro groups is 1. The van der Waals surface area contributed by atoms with Gasteiger partial charge in [-0.15, -0.1) is 0 Å². The molecule has 0 aromatic heterocycles. The number of nitrogens with zero attached hydrogens (tertiary/aromatic N) is 1. The molecule has 0 bridgehead atoms. The van der Waals surface area contributed by atoms with E-state index in [1.54, 1.807) is 0 Å². The molecule has 2 aromatic carbocycles. The maximum atomic E-state index is 11.4. The number of carbonyl (C=O) groups excluding carboxylic acids is 1. The molecule has 0 saturated carbocycles. The minimum atomic E-state index is -0.559. The first-order valence-electron chi connectivity index (χ1n) is 6.15. The average molecular weight is 350 g/mol. The maximum absolute atomic E-state index is 11.4. The normalized spacial score (nSPS) is 10.2. The van der Waals surface area contributed by atoms with Crippen LogP contribution in [0.1, 0.15) is 22.8 Å². The first kappa shape index (κ1) is 15.2. The lowest BCUT2D eigenvalue weighted by molar-refractivity contribution is -0.386. The molecule has 6 heteroatoms. The third kappa shape index (κ3) is 3.46. The average Bonchev–Trinajstić information content (AvgIpc) is 2.45. The van der Waals surface area contributed by atoms with E-state index in [-0.39, 0.29) is 33.9 Å². The van der Waals surface area contributed by atoms with Crippen molar-refractivity contribution in [3.63, 3.8) is 0 Å². The van der Waals surface area contributed by atoms with Crippen molar-refractivity contribution in [2.75, 3.05) is 0 Å². The van der Waals surface area contributed by atoms with Crippen LogP contribution in [0.5, 0.6) is 5.75 Å². The highest BCUT2D eigenvalue weighted by Crippen LogP contribution is 2.37. The lowest BCUT2D eigenvalue weighted by atomic mass is 10.1. The van der Waals surface area contributed by atoms with E-state index in [0.717, 1.165) is 5.56 Å². The Morgan fingerprint density at radius 2 is 1.90 bits per heavy atom. The number of halogens is 1. The van der Waals surface area contributed by atoms with Gasteiger partial charge in [0.2, 0.25) is 0 Å². The molecule has 5 nitrogen and oxygen atoms in total. The van der Waals surface area contributed by atoms with Gasteiger partial charge in [0, 0.05) is 5.56 Å². The molecule has 0 radical (unpaired) electrons. The van der Waals surface area contributed by atoms with Crippen LogP contribution >= 0.6 is 15.9 Å².